The van der Waals surface area contributed by atoms with Crippen LogP contribution < -0.4 is 9.47 Å². The van der Waals surface area contributed by atoms with E-state index in [9.17, 15) is 10.2 Å². The SMILES string of the molecule is CC(C)(C)c1cc(-c2ccccc2)c(O)c(-c2ccccc2OCCCOc2ccccc2-c2cc(C(C)(C)C)cc(-c3ccccc3)c2O)c1. The van der Waals surface area contributed by atoms with Crippen LogP contribution in [-0.2, 0) is 10.8 Å². The van der Waals surface area contributed by atoms with Crippen LogP contribution in [0.4, 0.5) is 0 Å². The van der Waals surface area contributed by atoms with Crippen LogP contribution >= 0.6 is 0 Å². The maximum atomic E-state index is 11.6. The van der Waals surface area contributed by atoms with Gasteiger partial charge in [0, 0.05) is 39.8 Å². The Morgan fingerprint density at radius 2 is 0.745 bits per heavy atom. The van der Waals surface area contributed by atoms with E-state index >= 15 is 0 Å². The van der Waals surface area contributed by atoms with E-state index in [4.69, 9.17) is 9.47 Å². The van der Waals surface area contributed by atoms with Crippen LogP contribution in [0.15, 0.2) is 133 Å². The Morgan fingerprint density at radius 3 is 1.12 bits per heavy atom. The Kier molecular flexibility index (Phi) is 10.2. The summed E-state index contributed by atoms with van der Waals surface area (Å²) >= 11 is 0. The molecule has 2 N–H and O–H groups in total. The Hall–Kier alpha value is -5.48. The molecule has 0 unspecified atom stereocenters. The summed E-state index contributed by atoms with van der Waals surface area (Å²) in [4.78, 5) is 0. The number of benzene rings is 6. The molecule has 0 bridgehead atoms. The molecule has 0 amide bonds. The van der Waals surface area contributed by atoms with Gasteiger partial charge >= 0.3 is 0 Å². The zero-order chi connectivity index (χ0) is 36.2. The summed E-state index contributed by atoms with van der Waals surface area (Å²) in [5.74, 6) is 1.88. The first-order valence-corrected chi connectivity index (χ1v) is 17.7. The van der Waals surface area contributed by atoms with Crippen molar-refractivity contribution in [3.05, 3.63) is 145 Å². The van der Waals surface area contributed by atoms with Crippen molar-refractivity contribution >= 4 is 0 Å². The Morgan fingerprint density at radius 1 is 0.412 bits per heavy atom. The topological polar surface area (TPSA) is 58.9 Å². The van der Waals surface area contributed by atoms with Crippen molar-refractivity contribution in [2.24, 2.45) is 0 Å². The fourth-order valence-electron chi connectivity index (χ4n) is 6.27. The molecule has 0 saturated heterocycles. The highest BCUT2D eigenvalue weighted by molar-refractivity contribution is 5.86. The van der Waals surface area contributed by atoms with Crippen molar-refractivity contribution in [3.8, 4) is 67.5 Å². The Balaban J connectivity index is 1.22. The summed E-state index contributed by atoms with van der Waals surface area (Å²) in [6, 6.07) is 44.1. The van der Waals surface area contributed by atoms with Gasteiger partial charge in [-0.05, 0) is 69.5 Å². The summed E-state index contributed by atoms with van der Waals surface area (Å²) in [6.07, 6.45) is 0.634. The van der Waals surface area contributed by atoms with Gasteiger partial charge in [0.25, 0.3) is 0 Å². The second-order valence-corrected chi connectivity index (χ2v) is 15.1. The first-order valence-electron chi connectivity index (χ1n) is 17.7. The molecule has 51 heavy (non-hydrogen) atoms. The van der Waals surface area contributed by atoms with Crippen LogP contribution in [0.5, 0.6) is 23.0 Å². The molecule has 0 saturated carbocycles. The monoisotopic (exact) mass is 676 g/mol. The second-order valence-electron chi connectivity index (χ2n) is 15.1. The van der Waals surface area contributed by atoms with E-state index in [0.717, 1.165) is 55.6 Å². The molecule has 6 aromatic carbocycles. The van der Waals surface area contributed by atoms with Gasteiger partial charge in [-0.3, -0.25) is 0 Å². The van der Waals surface area contributed by atoms with Crippen molar-refractivity contribution in [1.82, 2.24) is 0 Å². The molecule has 0 atom stereocenters. The van der Waals surface area contributed by atoms with Crippen molar-refractivity contribution < 1.29 is 19.7 Å². The normalized spacial score (nSPS) is 11.7. The maximum absolute atomic E-state index is 11.6. The van der Waals surface area contributed by atoms with Crippen LogP contribution in [0, 0.1) is 0 Å². The summed E-state index contributed by atoms with van der Waals surface area (Å²) < 4.78 is 12.8. The molecule has 0 aromatic heterocycles. The Labute approximate surface area is 303 Å². The molecule has 260 valence electrons. The Bertz CT molecular complexity index is 1950. The van der Waals surface area contributed by atoms with Gasteiger partial charge in [-0.15, -0.1) is 0 Å². The molecular weight excluding hydrogens is 629 g/mol. The minimum atomic E-state index is -0.122. The molecular formula is C47H48O4. The average Bonchev–Trinajstić information content (AvgIpc) is 3.12. The van der Waals surface area contributed by atoms with E-state index in [1.54, 1.807) is 0 Å². The lowest BCUT2D eigenvalue weighted by atomic mass is 9.82. The van der Waals surface area contributed by atoms with Crippen LogP contribution in [0.1, 0.15) is 59.1 Å². The third-order valence-corrected chi connectivity index (χ3v) is 9.28. The van der Waals surface area contributed by atoms with Crippen LogP contribution in [0.2, 0.25) is 0 Å². The largest absolute Gasteiger partial charge is 0.507 e. The number of rotatable bonds is 10. The highest BCUT2D eigenvalue weighted by Crippen LogP contribution is 2.46. The fourth-order valence-corrected chi connectivity index (χ4v) is 6.27. The highest BCUT2D eigenvalue weighted by Gasteiger charge is 2.23. The molecule has 4 heteroatoms. The van der Waals surface area contributed by atoms with Crippen LogP contribution in [0.3, 0.4) is 0 Å². The van der Waals surface area contributed by atoms with Gasteiger partial charge in [-0.1, -0.05) is 139 Å². The van der Waals surface area contributed by atoms with E-state index in [1.807, 2.05) is 109 Å². The molecule has 4 nitrogen and oxygen atoms in total. The smallest absolute Gasteiger partial charge is 0.131 e. The minimum Gasteiger partial charge on any atom is -0.507 e. The lowest BCUT2D eigenvalue weighted by Gasteiger charge is -2.23. The number of ether oxygens (including phenoxy) is 2. The zero-order valence-electron chi connectivity index (χ0n) is 30.5. The van der Waals surface area contributed by atoms with Crippen LogP contribution in [-0.4, -0.2) is 23.4 Å². The van der Waals surface area contributed by atoms with E-state index in [-0.39, 0.29) is 22.3 Å². The van der Waals surface area contributed by atoms with Crippen molar-refractivity contribution in [3.63, 3.8) is 0 Å². The van der Waals surface area contributed by atoms with Gasteiger partial charge in [0.15, 0.2) is 0 Å². The van der Waals surface area contributed by atoms with Gasteiger partial charge in [-0.25, -0.2) is 0 Å². The van der Waals surface area contributed by atoms with Gasteiger partial charge in [-0.2, -0.15) is 0 Å². The van der Waals surface area contributed by atoms with Crippen molar-refractivity contribution in [2.45, 2.75) is 58.8 Å². The van der Waals surface area contributed by atoms with Gasteiger partial charge in [0.2, 0.25) is 0 Å². The molecule has 0 aliphatic heterocycles. The van der Waals surface area contributed by atoms with Crippen molar-refractivity contribution in [2.75, 3.05) is 13.2 Å². The first-order chi connectivity index (χ1) is 24.4. The predicted octanol–water partition coefficient (Wildman–Crippen LogP) is 12.2. The first kappa shape index (κ1) is 35.3. The quantitative estimate of drug-likeness (QED) is 0.142. The molecule has 0 aliphatic rings. The molecule has 0 heterocycles. The number of aromatic hydroxyl groups is 2. The fraction of sp³-hybridized carbons (Fsp3) is 0.234. The number of para-hydroxylation sites is 2. The molecule has 0 radical (unpaired) electrons. The van der Waals surface area contributed by atoms with E-state index < -0.39 is 0 Å². The third kappa shape index (κ3) is 7.97. The molecule has 6 aromatic rings. The average molecular weight is 677 g/mol. The molecule has 0 aliphatic carbocycles. The summed E-state index contributed by atoms with van der Waals surface area (Å²) in [5, 5.41) is 23.3. The van der Waals surface area contributed by atoms with Crippen molar-refractivity contribution in [1.29, 1.82) is 0 Å². The number of hydrogen-bond acceptors (Lipinski definition) is 4. The van der Waals surface area contributed by atoms with Gasteiger partial charge in [0.05, 0.1) is 13.2 Å². The molecule has 0 spiro atoms. The number of hydrogen-bond donors (Lipinski definition) is 2. The summed E-state index contributed by atoms with van der Waals surface area (Å²) in [5.41, 5.74) is 8.72. The predicted molar refractivity (Wildman–Crippen MR) is 211 cm³/mol. The summed E-state index contributed by atoms with van der Waals surface area (Å²) in [7, 11) is 0. The number of phenols is 2. The maximum Gasteiger partial charge on any atom is 0.131 e. The van der Waals surface area contributed by atoms with E-state index in [2.05, 4.69) is 65.8 Å². The zero-order valence-corrected chi connectivity index (χ0v) is 30.5. The molecule has 6 rings (SSSR count). The van der Waals surface area contributed by atoms with Crippen LogP contribution in [0.25, 0.3) is 44.5 Å². The van der Waals surface area contributed by atoms with Gasteiger partial charge in [0.1, 0.15) is 23.0 Å². The standard InChI is InChI=1S/C47H48O4/c1-46(2,3)34-28-38(32-18-9-7-10-19-32)44(48)40(30-34)36-22-13-15-24-42(36)50-26-17-27-51-43-25-16-14-23-37(43)41-31-35(47(4,5)6)29-39(45(41)49)33-20-11-8-12-21-33/h7-16,18-25,28-31,48-49H,17,26-27H2,1-6H3. The highest BCUT2D eigenvalue weighted by atomic mass is 16.5. The van der Waals surface area contributed by atoms with E-state index in [1.165, 1.54) is 0 Å². The second kappa shape index (κ2) is 14.8. The van der Waals surface area contributed by atoms with E-state index in [0.29, 0.717) is 31.1 Å². The third-order valence-electron chi connectivity index (χ3n) is 9.28. The lowest BCUT2D eigenvalue weighted by Crippen LogP contribution is -2.11. The minimum absolute atomic E-state index is 0.122. The number of phenolic OH excluding ortho intramolecular Hbond substituents is 2. The lowest BCUT2D eigenvalue weighted by molar-refractivity contribution is 0.248. The van der Waals surface area contributed by atoms with Gasteiger partial charge < -0.3 is 19.7 Å². The molecule has 0 fully saturated rings. The summed E-state index contributed by atoms with van der Waals surface area (Å²) in [6.45, 7) is 14.0.